The molecule has 0 aliphatic carbocycles. The van der Waals surface area contributed by atoms with Crippen LogP contribution >= 0.6 is 11.3 Å². The first kappa shape index (κ1) is 26.0. The number of amides is 1. The van der Waals surface area contributed by atoms with Gasteiger partial charge < -0.3 is 10.2 Å². The van der Waals surface area contributed by atoms with Crippen molar-refractivity contribution >= 4 is 38.2 Å². The van der Waals surface area contributed by atoms with Gasteiger partial charge in [0.15, 0.2) is 15.0 Å². The van der Waals surface area contributed by atoms with Crippen molar-refractivity contribution in [3.8, 4) is 0 Å². The summed E-state index contributed by atoms with van der Waals surface area (Å²) >= 11 is 1.26. The van der Waals surface area contributed by atoms with Crippen LogP contribution in [0.25, 0.3) is 0 Å². The Bertz CT molecular complexity index is 1370. The number of alkyl halides is 3. The SMILES string of the molecule is CCS(=O)(=O)c1ccc(CC(=O)Nc2nc3c(s2)CN(c2nccc(C(F)(F)F)n2)[C@H]3C(C)C)cc1. The molecule has 3 aromatic rings. The summed E-state index contributed by atoms with van der Waals surface area (Å²) < 4.78 is 63.3. The van der Waals surface area contributed by atoms with Crippen LogP contribution in [0.1, 0.15) is 48.6 Å². The second-order valence-corrected chi connectivity index (χ2v) is 12.0. The van der Waals surface area contributed by atoms with E-state index in [0.717, 1.165) is 17.1 Å². The number of rotatable bonds is 7. The van der Waals surface area contributed by atoms with E-state index in [-0.39, 0.29) is 47.4 Å². The molecule has 192 valence electrons. The molecule has 0 spiro atoms. The quantitative estimate of drug-likeness (QED) is 0.466. The molecule has 1 N–H and O–H groups in total. The Hall–Kier alpha value is -3.06. The van der Waals surface area contributed by atoms with Crippen molar-refractivity contribution in [2.75, 3.05) is 16.0 Å². The van der Waals surface area contributed by atoms with Crippen molar-refractivity contribution in [2.24, 2.45) is 5.92 Å². The fourth-order valence-electron chi connectivity index (χ4n) is 4.01. The van der Waals surface area contributed by atoms with Crippen LogP contribution in [-0.2, 0) is 33.8 Å². The van der Waals surface area contributed by atoms with Crippen LogP contribution in [0.4, 0.5) is 24.3 Å². The third kappa shape index (κ3) is 5.36. The highest BCUT2D eigenvalue weighted by molar-refractivity contribution is 7.91. The third-order valence-electron chi connectivity index (χ3n) is 5.75. The molecule has 13 heteroatoms. The largest absolute Gasteiger partial charge is 0.433 e. The van der Waals surface area contributed by atoms with Crippen molar-refractivity contribution in [2.45, 2.75) is 50.9 Å². The minimum atomic E-state index is -4.57. The second kappa shape index (κ2) is 9.77. The second-order valence-electron chi connectivity index (χ2n) is 8.66. The molecule has 2 aromatic heterocycles. The number of nitrogens with one attached hydrogen (secondary N) is 1. The van der Waals surface area contributed by atoms with E-state index in [1.54, 1.807) is 24.0 Å². The maximum absolute atomic E-state index is 13.1. The average molecular weight is 540 g/mol. The number of halogens is 3. The van der Waals surface area contributed by atoms with E-state index >= 15 is 0 Å². The van der Waals surface area contributed by atoms with Gasteiger partial charge in [0.05, 0.1) is 40.2 Å². The van der Waals surface area contributed by atoms with Gasteiger partial charge in [0.25, 0.3) is 0 Å². The van der Waals surface area contributed by atoms with Crippen LogP contribution in [-0.4, -0.2) is 35.0 Å². The zero-order valence-corrected chi connectivity index (χ0v) is 21.3. The van der Waals surface area contributed by atoms with Gasteiger partial charge in [-0.15, -0.1) is 0 Å². The van der Waals surface area contributed by atoms with Crippen LogP contribution in [0.2, 0.25) is 0 Å². The number of carbonyl (C=O) groups excluding carboxylic acids is 1. The highest BCUT2D eigenvalue weighted by atomic mass is 32.2. The fourth-order valence-corrected chi connectivity index (χ4v) is 5.91. The number of hydrogen-bond donors (Lipinski definition) is 1. The lowest BCUT2D eigenvalue weighted by Crippen LogP contribution is -2.28. The first-order valence-electron chi connectivity index (χ1n) is 11.2. The van der Waals surface area contributed by atoms with Crippen molar-refractivity contribution < 1.29 is 26.4 Å². The molecule has 1 aromatic carbocycles. The van der Waals surface area contributed by atoms with Crippen molar-refractivity contribution in [3.05, 3.63) is 58.4 Å². The molecule has 0 saturated heterocycles. The van der Waals surface area contributed by atoms with Crippen LogP contribution < -0.4 is 10.2 Å². The van der Waals surface area contributed by atoms with Crippen LogP contribution in [0.5, 0.6) is 0 Å². The van der Waals surface area contributed by atoms with E-state index in [1.807, 2.05) is 13.8 Å². The number of carbonyl (C=O) groups is 1. The smallest absolute Gasteiger partial charge is 0.327 e. The molecule has 0 saturated carbocycles. The van der Waals surface area contributed by atoms with E-state index in [9.17, 15) is 26.4 Å². The molecule has 1 aliphatic rings. The third-order valence-corrected chi connectivity index (χ3v) is 8.47. The number of fused-ring (bicyclic) bond motifs is 1. The molecule has 8 nitrogen and oxygen atoms in total. The van der Waals surface area contributed by atoms with Gasteiger partial charge in [-0.2, -0.15) is 13.2 Å². The normalized spacial score (nSPS) is 15.9. The predicted molar refractivity (Wildman–Crippen MR) is 129 cm³/mol. The molecule has 0 bridgehead atoms. The van der Waals surface area contributed by atoms with Crippen LogP contribution in [0.3, 0.4) is 0 Å². The van der Waals surface area contributed by atoms with E-state index in [1.165, 1.54) is 23.5 Å². The Morgan fingerprint density at radius 1 is 1.19 bits per heavy atom. The first-order chi connectivity index (χ1) is 16.9. The molecule has 3 heterocycles. The summed E-state index contributed by atoms with van der Waals surface area (Å²) in [5.41, 5.74) is 0.325. The zero-order chi connectivity index (χ0) is 26.3. The number of thiazole rings is 1. The minimum absolute atomic E-state index is 0.00373. The Kier molecular flexibility index (Phi) is 7.06. The first-order valence-corrected chi connectivity index (χ1v) is 13.6. The molecule has 0 fully saturated rings. The Morgan fingerprint density at radius 3 is 2.50 bits per heavy atom. The summed E-state index contributed by atoms with van der Waals surface area (Å²) in [6.45, 7) is 5.71. The number of benzene rings is 1. The van der Waals surface area contributed by atoms with Gasteiger partial charge in [-0.3, -0.25) is 4.79 Å². The number of anilines is 2. The van der Waals surface area contributed by atoms with Gasteiger partial charge in [0.1, 0.15) is 5.69 Å². The summed E-state index contributed by atoms with van der Waals surface area (Å²) in [6, 6.07) is 6.66. The highest BCUT2D eigenvalue weighted by Gasteiger charge is 2.39. The maximum Gasteiger partial charge on any atom is 0.433 e. The van der Waals surface area contributed by atoms with Gasteiger partial charge in [-0.05, 0) is 29.7 Å². The van der Waals surface area contributed by atoms with E-state index in [0.29, 0.717) is 16.4 Å². The average Bonchev–Trinajstić information content (AvgIpc) is 3.36. The molecule has 36 heavy (non-hydrogen) atoms. The van der Waals surface area contributed by atoms with Gasteiger partial charge in [-0.1, -0.05) is 44.2 Å². The Labute approximate surface area is 210 Å². The maximum atomic E-state index is 13.1. The standard InChI is InChI=1S/C23H24F3N5O3S2/c1-4-36(33,34)15-7-5-14(6-8-15)11-18(32)29-22-30-19-16(35-22)12-31(20(19)13(2)3)21-27-10-9-17(28-21)23(24,25)26/h5-10,13,20H,4,11-12H2,1-3H3,(H,29,30,32)/t20-/m0/s1. The summed E-state index contributed by atoms with van der Waals surface area (Å²) in [5.74, 6) is -0.343. The molecule has 0 unspecified atom stereocenters. The summed E-state index contributed by atoms with van der Waals surface area (Å²) in [6.07, 6.45) is -3.44. The van der Waals surface area contributed by atoms with Gasteiger partial charge in [0.2, 0.25) is 11.9 Å². The van der Waals surface area contributed by atoms with Gasteiger partial charge in [-0.25, -0.2) is 23.4 Å². The molecular formula is C23H24F3N5O3S2. The molecular weight excluding hydrogens is 515 g/mol. The monoisotopic (exact) mass is 539 g/mol. The van der Waals surface area contributed by atoms with Crippen molar-refractivity contribution in [3.63, 3.8) is 0 Å². The van der Waals surface area contributed by atoms with Crippen LogP contribution in [0.15, 0.2) is 41.4 Å². The molecule has 1 amide bonds. The number of aromatic nitrogens is 3. The van der Waals surface area contributed by atoms with E-state index in [4.69, 9.17) is 0 Å². The lowest BCUT2D eigenvalue weighted by Gasteiger charge is -2.28. The highest BCUT2D eigenvalue weighted by Crippen LogP contribution is 2.44. The summed E-state index contributed by atoms with van der Waals surface area (Å²) in [7, 11) is -3.31. The summed E-state index contributed by atoms with van der Waals surface area (Å²) in [4.78, 5) is 27.7. The number of sulfone groups is 1. The van der Waals surface area contributed by atoms with Crippen molar-refractivity contribution in [1.29, 1.82) is 0 Å². The van der Waals surface area contributed by atoms with Crippen LogP contribution in [0, 0.1) is 5.92 Å². The molecule has 1 aliphatic heterocycles. The molecule has 4 rings (SSSR count). The zero-order valence-electron chi connectivity index (χ0n) is 19.7. The number of nitrogens with zero attached hydrogens (tertiary/aromatic N) is 4. The molecule has 1 atom stereocenters. The molecule has 0 radical (unpaired) electrons. The topological polar surface area (TPSA) is 105 Å². The Balaban J connectivity index is 1.48. The van der Waals surface area contributed by atoms with E-state index in [2.05, 4.69) is 20.3 Å². The van der Waals surface area contributed by atoms with Gasteiger partial charge >= 0.3 is 6.18 Å². The Morgan fingerprint density at radius 2 is 1.89 bits per heavy atom. The minimum Gasteiger partial charge on any atom is -0.327 e. The van der Waals surface area contributed by atoms with Gasteiger partial charge in [0, 0.05) is 6.20 Å². The predicted octanol–water partition coefficient (Wildman–Crippen LogP) is 4.64. The summed E-state index contributed by atoms with van der Waals surface area (Å²) in [5, 5.41) is 3.16. The lowest BCUT2D eigenvalue weighted by atomic mass is 10.0. The number of hydrogen-bond acceptors (Lipinski definition) is 8. The van der Waals surface area contributed by atoms with E-state index < -0.39 is 21.7 Å². The van der Waals surface area contributed by atoms with Crippen molar-refractivity contribution in [1.82, 2.24) is 15.0 Å². The fraction of sp³-hybridized carbons (Fsp3) is 0.391. The lowest BCUT2D eigenvalue weighted by molar-refractivity contribution is -0.141.